The molecular weight excluding hydrogens is 354 g/mol. The second kappa shape index (κ2) is 9.23. The summed E-state index contributed by atoms with van der Waals surface area (Å²) in [5.74, 6) is 0.0761. The van der Waals surface area contributed by atoms with E-state index in [1.165, 1.54) is 17.5 Å². The van der Waals surface area contributed by atoms with E-state index in [-0.39, 0.29) is 5.91 Å². The Hall–Kier alpha value is -3.06. The number of carbonyl (C=O) groups is 1. The molecule has 0 aliphatic carbocycles. The molecule has 0 saturated carbocycles. The zero-order valence-corrected chi connectivity index (χ0v) is 16.5. The quantitative estimate of drug-likeness (QED) is 0.601. The maximum Gasteiger partial charge on any atom is 0.227 e. The van der Waals surface area contributed by atoms with Crippen LogP contribution in [-0.2, 0) is 22.5 Å². The molecular formula is C21H25N5O2. The molecule has 0 bridgehead atoms. The fourth-order valence-corrected chi connectivity index (χ4v) is 3.05. The van der Waals surface area contributed by atoms with Gasteiger partial charge in [-0.1, -0.05) is 35.9 Å². The van der Waals surface area contributed by atoms with Crippen LogP contribution in [0.25, 0.3) is 5.69 Å². The Bertz CT molecular complexity index is 907. The fraction of sp³-hybridized carbons (Fsp3) is 0.333. The van der Waals surface area contributed by atoms with Crippen molar-refractivity contribution in [2.75, 3.05) is 20.3 Å². The van der Waals surface area contributed by atoms with Gasteiger partial charge < -0.3 is 9.64 Å². The van der Waals surface area contributed by atoms with Crippen molar-refractivity contribution in [3.05, 3.63) is 71.0 Å². The van der Waals surface area contributed by atoms with Crippen molar-refractivity contribution in [2.45, 2.75) is 26.8 Å². The number of ether oxygens (including phenoxy) is 1. The Morgan fingerprint density at radius 3 is 2.57 bits per heavy atom. The van der Waals surface area contributed by atoms with Crippen LogP contribution in [0.15, 0.2) is 48.8 Å². The Morgan fingerprint density at radius 2 is 1.93 bits per heavy atom. The Balaban J connectivity index is 1.70. The molecule has 1 aromatic heterocycles. The highest BCUT2D eigenvalue weighted by Crippen LogP contribution is 2.15. The Labute approximate surface area is 164 Å². The monoisotopic (exact) mass is 379 g/mol. The lowest BCUT2D eigenvalue weighted by Gasteiger charge is -2.24. The first-order valence-electron chi connectivity index (χ1n) is 9.22. The summed E-state index contributed by atoms with van der Waals surface area (Å²) in [4.78, 5) is 14.8. The predicted octanol–water partition coefficient (Wildman–Crippen LogP) is 2.50. The zero-order valence-electron chi connectivity index (χ0n) is 16.5. The lowest BCUT2D eigenvalue weighted by molar-refractivity contribution is -0.131. The normalized spacial score (nSPS) is 10.8. The smallest absolute Gasteiger partial charge is 0.227 e. The van der Waals surface area contributed by atoms with E-state index in [0.29, 0.717) is 26.1 Å². The van der Waals surface area contributed by atoms with Crippen molar-refractivity contribution in [2.24, 2.45) is 0 Å². The van der Waals surface area contributed by atoms with Crippen LogP contribution in [0.2, 0.25) is 0 Å². The predicted molar refractivity (Wildman–Crippen MR) is 106 cm³/mol. The second-order valence-corrected chi connectivity index (χ2v) is 6.84. The van der Waals surface area contributed by atoms with E-state index in [2.05, 4.69) is 47.6 Å². The van der Waals surface area contributed by atoms with Gasteiger partial charge in [0.05, 0.1) is 18.7 Å². The number of tetrazole rings is 1. The Kier molecular flexibility index (Phi) is 6.49. The highest BCUT2D eigenvalue weighted by molar-refractivity contribution is 5.79. The van der Waals surface area contributed by atoms with Crippen molar-refractivity contribution >= 4 is 5.91 Å². The molecule has 2 aromatic carbocycles. The average Bonchev–Trinajstić information content (AvgIpc) is 3.22. The number of methoxy groups -OCH3 is 1. The number of hydrogen-bond acceptors (Lipinski definition) is 5. The molecule has 0 atom stereocenters. The van der Waals surface area contributed by atoms with Gasteiger partial charge >= 0.3 is 0 Å². The summed E-state index contributed by atoms with van der Waals surface area (Å²) in [6.45, 7) is 5.81. The molecule has 0 unspecified atom stereocenters. The molecule has 0 aliphatic heterocycles. The number of amides is 1. The van der Waals surface area contributed by atoms with Gasteiger partial charge in [-0.3, -0.25) is 4.79 Å². The van der Waals surface area contributed by atoms with Gasteiger partial charge in [0.25, 0.3) is 0 Å². The van der Waals surface area contributed by atoms with Crippen molar-refractivity contribution in [1.29, 1.82) is 0 Å². The topological polar surface area (TPSA) is 73.1 Å². The van der Waals surface area contributed by atoms with Crippen LogP contribution >= 0.6 is 0 Å². The van der Waals surface area contributed by atoms with Crippen LogP contribution in [-0.4, -0.2) is 51.3 Å². The minimum absolute atomic E-state index is 0.0761. The number of nitrogens with zero attached hydrogens (tertiary/aromatic N) is 5. The third kappa shape index (κ3) is 5.01. The van der Waals surface area contributed by atoms with E-state index in [0.717, 1.165) is 16.8 Å². The molecule has 0 N–H and O–H groups in total. The van der Waals surface area contributed by atoms with Crippen LogP contribution in [0.3, 0.4) is 0 Å². The van der Waals surface area contributed by atoms with Crippen molar-refractivity contribution in [3.63, 3.8) is 0 Å². The average molecular weight is 379 g/mol. The van der Waals surface area contributed by atoms with E-state index < -0.39 is 0 Å². The molecule has 1 amide bonds. The molecule has 146 valence electrons. The number of carbonyl (C=O) groups excluding carboxylic acids is 1. The SMILES string of the molecule is COCCN(Cc1ccc(C)cc1C)C(=O)Cc1ccc(-n2cnnn2)cc1. The van der Waals surface area contributed by atoms with Gasteiger partial charge in [-0.05, 0) is 53.1 Å². The van der Waals surface area contributed by atoms with Crippen LogP contribution in [0, 0.1) is 13.8 Å². The van der Waals surface area contributed by atoms with E-state index in [9.17, 15) is 4.79 Å². The molecule has 7 nitrogen and oxygen atoms in total. The molecule has 0 saturated heterocycles. The molecule has 0 aliphatic rings. The highest BCUT2D eigenvalue weighted by atomic mass is 16.5. The third-order valence-electron chi connectivity index (χ3n) is 4.68. The fourth-order valence-electron chi connectivity index (χ4n) is 3.05. The number of aromatic nitrogens is 4. The summed E-state index contributed by atoms with van der Waals surface area (Å²) in [5, 5.41) is 11.1. The van der Waals surface area contributed by atoms with Gasteiger partial charge in [0.15, 0.2) is 0 Å². The number of rotatable bonds is 8. The van der Waals surface area contributed by atoms with Gasteiger partial charge in [0.2, 0.25) is 5.91 Å². The van der Waals surface area contributed by atoms with E-state index >= 15 is 0 Å². The maximum atomic E-state index is 12.9. The molecule has 0 radical (unpaired) electrons. The largest absolute Gasteiger partial charge is 0.383 e. The summed E-state index contributed by atoms with van der Waals surface area (Å²) in [6, 6.07) is 14.0. The molecule has 7 heteroatoms. The second-order valence-electron chi connectivity index (χ2n) is 6.84. The minimum Gasteiger partial charge on any atom is -0.383 e. The summed E-state index contributed by atoms with van der Waals surface area (Å²) in [7, 11) is 1.65. The maximum absolute atomic E-state index is 12.9. The molecule has 0 fully saturated rings. The summed E-state index contributed by atoms with van der Waals surface area (Å²) in [5.41, 5.74) is 5.38. The van der Waals surface area contributed by atoms with E-state index in [1.54, 1.807) is 11.8 Å². The summed E-state index contributed by atoms with van der Waals surface area (Å²) >= 11 is 0. The first kappa shape index (κ1) is 19.7. The number of hydrogen-bond donors (Lipinski definition) is 0. The van der Waals surface area contributed by atoms with Crippen LogP contribution in [0.5, 0.6) is 0 Å². The lowest BCUT2D eigenvalue weighted by Crippen LogP contribution is -2.34. The van der Waals surface area contributed by atoms with Crippen LogP contribution < -0.4 is 0 Å². The van der Waals surface area contributed by atoms with Crippen molar-refractivity contribution < 1.29 is 9.53 Å². The van der Waals surface area contributed by atoms with Gasteiger partial charge in [-0.25, -0.2) is 4.68 Å². The van der Waals surface area contributed by atoms with E-state index in [4.69, 9.17) is 4.74 Å². The molecule has 1 heterocycles. The van der Waals surface area contributed by atoms with Crippen LogP contribution in [0.1, 0.15) is 22.3 Å². The summed E-state index contributed by atoms with van der Waals surface area (Å²) in [6.07, 6.45) is 1.88. The van der Waals surface area contributed by atoms with E-state index in [1.807, 2.05) is 29.2 Å². The number of aryl methyl sites for hydroxylation is 2. The molecule has 3 rings (SSSR count). The first-order chi connectivity index (χ1) is 13.6. The first-order valence-corrected chi connectivity index (χ1v) is 9.22. The molecule has 28 heavy (non-hydrogen) atoms. The third-order valence-corrected chi connectivity index (χ3v) is 4.68. The van der Waals surface area contributed by atoms with Gasteiger partial charge in [-0.15, -0.1) is 5.10 Å². The highest BCUT2D eigenvalue weighted by Gasteiger charge is 2.16. The molecule has 0 spiro atoms. The van der Waals surface area contributed by atoms with Gasteiger partial charge in [0, 0.05) is 20.2 Å². The minimum atomic E-state index is 0.0761. The van der Waals surface area contributed by atoms with Crippen molar-refractivity contribution in [3.8, 4) is 5.69 Å². The summed E-state index contributed by atoms with van der Waals surface area (Å²) < 4.78 is 6.78. The standard InChI is InChI=1S/C21H25N5O2/c1-16-4-7-19(17(2)12-16)14-25(10-11-28-3)21(27)13-18-5-8-20(9-6-18)26-15-22-23-24-26/h4-9,12,15H,10-11,13-14H2,1-3H3. The zero-order chi connectivity index (χ0) is 19.9. The number of benzene rings is 2. The van der Waals surface area contributed by atoms with Gasteiger partial charge in [0.1, 0.15) is 6.33 Å². The van der Waals surface area contributed by atoms with Crippen molar-refractivity contribution in [1.82, 2.24) is 25.1 Å². The Morgan fingerprint density at radius 1 is 1.14 bits per heavy atom. The van der Waals surface area contributed by atoms with Gasteiger partial charge in [-0.2, -0.15) is 0 Å². The molecule has 3 aromatic rings. The lowest BCUT2D eigenvalue weighted by atomic mass is 10.0. The van der Waals surface area contributed by atoms with Crippen LogP contribution in [0.4, 0.5) is 0 Å².